The molecule has 6 nitrogen and oxygen atoms in total. The molecule has 0 aliphatic rings. The molecule has 0 saturated heterocycles. The summed E-state index contributed by atoms with van der Waals surface area (Å²) in [5, 5.41) is 15.9. The van der Waals surface area contributed by atoms with E-state index in [1.54, 1.807) is 18.3 Å². The molecular formula is C18H24N4O2. The van der Waals surface area contributed by atoms with Crippen molar-refractivity contribution >= 4 is 23.2 Å². The lowest BCUT2D eigenvalue weighted by Crippen LogP contribution is -2.30. The number of aliphatic hydroxyl groups excluding tert-OH is 1. The van der Waals surface area contributed by atoms with Gasteiger partial charge in [0.25, 0.3) is 0 Å². The normalized spacial score (nSPS) is 12.1. The fourth-order valence-electron chi connectivity index (χ4n) is 2.16. The van der Waals surface area contributed by atoms with Gasteiger partial charge in [0.2, 0.25) is 5.95 Å². The molecule has 1 heterocycles. The predicted molar refractivity (Wildman–Crippen MR) is 95.8 cm³/mol. The van der Waals surface area contributed by atoms with Gasteiger partial charge in [-0.1, -0.05) is 13.8 Å². The second-order valence-electron chi connectivity index (χ2n) is 6.16. The van der Waals surface area contributed by atoms with Gasteiger partial charge in [0.1, 0.15) is 5.82 Å². The smallest absolute Gasteiger partial charge is 0.229 e. The molecule has 3 N–H and O–H groups in total. The Morgan fingerprint density at radius 3 is 2.46 bits per heavy atom. The number of anilines is 3. The zero-order chi connectivity index (χ0) is 17.7. The Bertz CT molecular complexity index is 699. The molecule has 1 atom stereocenters. The zero-order valence-corrected chi connectivity index (χ0v) is 14.5. The van der Waals surface area contributed by atoms with Crippen molar-refractivity contribution in [3.63, 3.8) is 0 Å². The molecule has 0 spiro atoms. The topological polar surface area (TPSA) is 87.1 Å². The van der Waals surface area contributed by atoms with Gasteiger partial charge in [0, 0.05) is 23.0 Å². The van der Waals surface area contributed by atoms with Crippen LogP contribution in [0.5, 0.6) is 0 Å². The molecule has 24 heavy (non-hydrogen) atoms. The van der Waals surface area contributed by atoms with Crippen molar-refractivity contribution in [2.75, 3.05) is 17.2 Å². The van der Waals surface area contributed by atoms with Crippen molar-refractivity contribution in [3.8, 4) is 0 Å². The molecule has 128 valence electrons. The van der Waals surface area contributed by atoms with Crippen LogP contribution in [0.15, 0.2) is 30.5 Å². The number of carbonyl (C=O) groups excluding carboxylic acids is 1. The SMILES string of the molecule is CC(=O)c1ccc(Nc2ncc(C)c(N[C@@H](CO)C(C)C)n2)cc1. The summed E-state index contributed by atoms with van der Waals surface area (Å²) in [6.07, 6.45) is 1.73. The molecule has 2 aromatic rings. The first-order valence-corrected chi connectivity index (χ1v) is 7.99. The largest absolute Gasteiger partial charge is 0.394 e. The second-order valence-corrected chi connectivity index (χ2v) is 6.16. The molecule has 0 aliphatic carbocycles. The van der Waals surface area contributed by atoms with Crippen LogP contribution in [-0.4, -0.2) is 33.5 Å². The number of hydrogen-bond donors (Lipinski definition) is 3. The van der Waals surface area contributed by atoms with E-state index in [0.717, 1.165) is 11.3 Å². The highest BCUT2D eigenvalue weighted by atomic mass is 16.3. The molecular weight excluding hydrogens is 304 g/mol. The highest BCUT2D eigenvalue weighted by Crippen LogP contribution is 2.19. The van der Waals surface area contributed by atoms with Crippen molar-refractivity contribution in [1.29, 1.82) is 0 Å². The zero-order valence-electron chi connectivity index (χ0n) is 14.5. The van der Waals surface area contributed by atoms with E-state index in [1.807, 2.05) is 32.9 Å². The van der Waals surface area contributed by atoms with Gasteiger partial charge in [-0.2, -0.15) is 4.98 Å². The Labute approximate surface area is 142 Å². The van der Waals surface area contributed by atoms with Crippen molar-refractivity contribution in [1.82, 2.24) is 9.97 Å². The third-order valence-corrected chi connectivity index (χ3v) is 3.84. The summed E-state index contributed by atoms with van der Waals surface area (Å²) in [6.45, 7) is 7.58. The van der Waals surface area contributed by atoms with E-state index < -0.39 is 0 Å². The Kier molecular flexibility index (Phi) is 5.87. The number of Topliss-reactive ketones (excluding diaryl/α,β-unsaturated/α-hetero) is 1. The predicted octanol–water partition coefficient (Wildman–Crippen LogP) is 3.16. The van der Waals surface area contributed by atoms with Gasteiger partial charge in [-0.25, -0.2) is 4.98 Å². The summed E-state index contributed by atoms with van der Waals surface area (Å²) in [5.41, 5.74) is 2.37. The molecule has 0 amide bonds. The molecule has 0 aliphatic heterocycles. The van der Waals surface area contributed by atoms with Crippen molar-refractivity contribution < 1.29 is 9.90 Å². The van der Waals surface area contributed by atoms with Crippen LogP contribution in [0.3, 0.4) is 0 Å². The van der Waals surface area contributed by atoms with E-state index in [4.69, 9.17) is 0 Å². The van der Waals surface area contributed by atoms with Crippen LogP contribution < -0.4 is 10.6 Å². The third kappa shape index (κ3) is 4.52. The Morgan fingerprint density at radius 2 is 1.92 bits per heavy atom. The number of rotatable bonds is 7. The van der Waals surface area contributed by atoms with Crippen molar-refractivity contribution in [2.24, 2.45) is 5.92 Å². The van der Waals surface area contributed by atoms with Gasteiger partial charge in [0.15, 0.2) is 5.78 Å². The van der Waals surface area contributed by atoms with Gasteiger partial charge in [-0.15, -0.1) is 0 Å². The molecule has 0 unspecified atom stereocenters. The van der Waals surface area contributed by atoms with Crippen molar-refractivity contribution in [3.05, 3.63) is 41.6 Å². The fraction of sp³-hybridized carbons (Fsp3) is 0.389. The molecule has 1 aromatic heterocycles. The average molecular weight is 328 g/mol. The minimum absolute atomic E-state index is 0.0309. The van der Waals surface area contributed by atoms with Crippen LogP contribution in [0.25, 0.3) is 0 Å². The first-order valence-electron chi connectivity index (χ1n) is 7.99. The number of aromatic nitrogens is 2. The monoisotopic (exact) mass is 328 g/mol. The van der Waals surface area contributed by atoms with E-state index in [0.29, 0.717) is 17.3 Å². The highest BCUT2D eigenvalue weighted by molar-refractivity contribution is 5.94. The third-order valence-electron chi connectivity index (χ3n) is 3.84. The summed E-state index contributed by atoms with van der Waals surface area (Å²) in [5.74, 6) is 1.46. The summed E-state index contributed by atoms with van der Waals surface area (Å²) in [4.78, 5) is 20.1. The minimum Gasteiger partial charge on any atom is -0.394 e. The maximum absolute atomic E-state index is 11.3. The molecule has 6 heteroatoms. The van der Waals surface area contributed by atoms with Crippen LogP contribution in [0, 0.1) is 12.8 Å². The number of benzene rings is 1. The quantitative estimate of drug-likeness (QED) is 0.677. The first-order chi connectivity index (χ1) is 11.4. The van der Waals surface area contributed by atoms with Crippen LogP contribution in [0.2, 0.25) is 0 Å². The minimum atomic E-state index is -0.0682. The Balaban J connectivity index is 2.16. The van der Waals surface area contributed by atoms with E-state index in [-0.39, 0.29) is 24.3 Å². The molecule has 1 aromatic carbocycles. The number of nitrogens with zero attached hydrogens (tertiary/aromatic N) is 2. The lowest BCUT2D eigenvalue weighted by molar-refractivity contribution is 0.101. The van der Waals surface area contributed by atoms with Gasteiger partial charge in [0.05, 0.1) is 12.6 Å². The number of aliphatic hydroxyl groups is 1. The molecule has 2 rings (SSSR count). The first kappa shape index (κ1) is 17.9. The Hall–Kier alpha value is -2.47. The van der Waals surface area contributed by atoms with E-state index in [1.165, 1.54) is 6.92 Å². The van der Waals surface area contributed by atoms with Gasteiger partial charge < -0.3 is 15.7 Å². The van der Waals surface area contributed by atoms with Gasteiger partial charge in [-0.05, 0) is 44.0 Å². The summed E-state index contributed by atoms with van der Waals surface area (Å²) in [6, 6.07) is 7.09. The van der Waals surface area contributed by atoms with Crippen LogP contribution in [-0.2, 0) is 0 Å². The maximum atomic E-state index is 11.3. The number of carbonyl (C=O) groups is 1. The number of aryl methyl sites for hydroxylation is 1. The summed E-state index contributed by atoms with van der Waals surface area (Å²) < 4.78 is 0. The summed E-state index contributed by atoms with van der Waals surface area (Å²) >= 11 is 0. The van der Waals surface area contributed by atoms with Gasteiger partial charge >= 0.3 is 0 Å². The number of ketones is 1. The highest BCUT2D eigenvalue weighted by Gasteiger charge is 2.14. The summed E-state index contributed by atoms with van der Waals surface area (Å²) in [7, 11) is 0. The van der Waals surface area contributed by atoms with E-state index in [2.05, 4.69) is 20.6 Å². The van der Waals surface area contributed by atoms with E-state index in [9.17, 15) is 9.90 Å². The van der Waals surface area contributed by atoms with Gasteiger partial charge in [-0.3, -0.25) is 4.79 Å². The van der Waals surface area contributed by atoms with Crippen LogP contribution in [0.1, 0.15) is 36.7 Å². The van der Waals surface area contributed by atoms with E-state index >= 15 is 0 Å². The molecule has 0 fully saturated rings. The lowest BCUT2D eigenvalue weighted by atomic mass is 10.1. The molecule has 0 radical (unpaired) electrons. The average Bonchev–Trinajstić information content (AvgIpc) is 2.55. The van der Waals surface area contributed by atoms with Crippen molar-refractivity contribution in [2.45, 2.75) is 33.7 Å². The molecule has 0 bridgehead atoms. The fourth-order valence-corrected chi connectivity index (χ4v) is 2.16. The Morgan fingerprint density at radius 1 is 1.25 bits per heavy atom. The number of nitrogens with one attached hydrogen (secondary N) is 2. The van der Waals surface area contributed by atoms with Crippen LogP contribution >= 0.6 is 0 Å². The second kappa shape index (κ2) is 7.88. The lowest BCUT2D eigenvalue weighted by Gasteiger charge is -2.21. The number of hydrogen-bond acceptors (Lipinski definition) is 6. The standard InChI is InChI=1S/C18H24N4O2/c1-11(2)16(10-23)21-17-12(3)9-19-18(22-17)20-15-7-5-14(6-8-15)13(4)24/h5-9,11,16,23H,10H2,1-4H3,(H2,19,20,21,22)/t16-/m0/s1. The maximum Gasteiger partial charge on any atom is 0.229 e. The van der Waals surface area contributed by atoms with Crippen LogP contribution in [0.4, 0.5) is 17.5 Å². The molecule has 0 saturated carbocycles.